The number of hydrogen-bond donors (Lipinski definition) is 1. The first-order valence-electron chi connectivity index (χ1n) is 4.58. The minimum atomic E-state index is -0.398. The smallest absolute Gasteiger partial charge is 0.138 e. The van der Waals surface area contributed by atoms with Crippen LogP contribution in [0.1, 0.15) is 11.1 Å². The SMILES string of the molecule is NC(=S)c1cccc(Cn2cncn2)c1F. The number of hydrogen-bond acceptors (Lipinski definition) is 3. The molecule has 1 heterocycles. The zero-order valence-corrected chi connectivity index (χ0v) is 9.12. The Morgan fingerprint density at radius 3 is 2.94 bits per heavy atom. The number of benzene rings is 1. The molecule has 1 aromatic heterocycles. The maximum atomic E-state index is 13.9. The second kappa shape index (κ2) is 4.36. The second-order valence-corrected chi connectivity index (χ2v) is 3.68. The van der Waals surface area contributed by atoms with Crippen LogP contribution in [0.25, 0.3) is 0 Å². The quantitative estimate of drug-likeness (QED) is 0.811. The molecule has 0 fully saturated rings. The molecule has 0 amide bonds. The van der Waals surface area contributed by atoms with E-state index >= 15 is 0 Å². The van der Waals surface area contributed by atoms with Gasteiger partial charge < -0.3 is 5.73 Å². The highest BCUT2D eigenvalue weighted by Crippen LogP contribution is 2.13. The van der Waals surface area contributed by atoms with Crippen LogP contribution in [-0.4, -0.2) is 19.8 Å². The van der Waals surface area contributed by atoms with Gasteiger partial charge in [-0.2, -0.15) is 5.10 Å². The Morgan fingerprint density at radius 2 is 2.31 bits per heavy atom. The number of thiocarbonyl (C=S) groups is 1. The van der Waals surface area contributed by atoms with Gasteiger partial charge in [-0.15, -0.1) is 0 Å². The Labute approximate surface area is 96.9 Å². The third kappa shape index (κ3) is 2.06. The molecule has 82 valence electrons. The third-order valence-electron chi connectivity index (χ3n) is 2.14. The van der Waals surface area contributed by atoms with Crippen LogP contribution >= 0.6 is 12.2 Å². The average molecular weight is 236 g/mol. The van der Waals surface area contributed by atoms with Crippen LogP contribution in [0.2, 0.25) is 0 Å². The highest BCUT2D eigenvalue weighted by Gasteiger charge is 2.10. The van der Waals surface area contributed by atoms with E-state index in [1.165, 1.54) is 17.3 Å². The first-order chi connectivity index (χ1) is 7.68. The Kier molecular flexibility index (Phi) is 2.91. The van der Waals surface area contributed by atoms with Crippen molar-refractivity contribution in [2.75, 3.05) is 0 Å². The van der Waals surface area contributed by atoms with Gasteiger partial charge in [0, 0.05) is 11.1 Å². The van der Waals surface area contributed by atoms with E-state index in [1.54, 1.807) is 18.2 Å². The molecular formula is C10H9FN4S. The standard InChI is InChI=1S/C10H9FN4S/c11-9-7(4-15-6-13-5-14-15)2-1-3-8(9)10(12)16/h1-3,5-6H,4H2,(H2,12,16). The van der Waals surface area contributed by atoms with Crippen molar-refractivity contribution in [2.45, 2.75) is 6.54 Å². The summed E-state index contributed by atoms with van der Waals surface area (Å²) in [4.78, 5) is 3.84. The van der Waals surface area contributed by atoms with Gasteiger partial charge in [-0.25, -0.2) is 14.1 Å². The van der Waals surface area contributed by atoms with Crippen molar-refractivity contribution in [2.24, 2.45) is 5.73 Å². The van der Waals surface area contributed by atoms with E-state index < -0.39 is 5.82 Å². The van der Waals surface area contributed by atoms with Crippen LogP contribution in [0.4, 0.5) is 4.39 Å². The van der Waals surface area contributed by atoms with Crippen molar-refractivity contribution in [3.8, 4) is 0 Å². The van der Waals surface area contributed by atoms with Gasteiger partial charge in [0.15, 0.2) is 0 Å². The lowest BCUT2D eigenvalue weighted by Gasteiger charge is -2.06. The fourth-order valence-electron chi connectivity index (χ4n) is 1.38. The third-order valence-corrected chi connectivity index (χ3v) is 2.36. The van der Waals surface area contributed by atoms with Crippen LogP contribution in [0.5, 0.6) is 0 Å². The fourth-order valence-corrected chi connectivity index (χ4v) is 1.54. The molecule has 0 radical (unpaired) electrons. The van der Waals surface area contributed by atoms with Crippen molar-refractivity contribution in [1.29, 1.82) is 0 Å². The van der Waals surface area contributed by atoms with Crippen LogP contribution in [0.15, 0.2) is 30.9 Å². The maximum absolute atomic E-state index is 13.9. The molecule has 1 aromatic carbocycles. The van der Waals surface area contributed by atoms with Gasteiger partial charge in [-0.1, -0.05) is 24.4 Å². The molecular weight excluding hydrogens is 227 g/mol. The Hall–Kier alpha value is -1.82. The molecule has 0 aliphatic rings. The number of rotatable bonds is 3. The van der Waals surface area contributed by atoms with Gasteiger partial charge >= 0.3 is 0 Å². The lowest BCUT2D eigenvalue weighted by Crippen LogP contribution is -2.14. The molecule has 0 atom stereocenters. The van der Waals surface area contributed by atoms with Crippen molar-refractivity contribution in [1.82, 2.24) is 14.8 Å². The first-order valence-corrected chi connectivity index (χ1v) is 4.99. The van der Waals surface area contributed by atoms with Gasteiger partial charge in [-0.05, 0) is 6.07 Å². The fraction of sp³-hybridized carbons (Fsp3) is 0.100. The first kappa shape index (κ1) is 10.7. The molecule has 0 aliphatic carbocycles. The van der Waals surface area contributed by atoms with Gasteiger partial charge in [0.1, 0.15) is 23.5 Å². The normalized spacial score (nSPS) is 10.3. The van der Waals surface area contributed by atoms with E-state index in [-0.39, 0.29) is 10.6 Å². The van der Waals surface area contributed by atoms with Crippen LogP contribution in [-0.2, 0) is 6.54 Å². The van der Waals surface area contributed by atoms with Crippen LogP contribution in [0.3, 0.4) is 0 Å². The van der Waals surface area contributed by atoms with Crippen LogP contribution in [0, 0.1) is 5.82 Å². The lowest BCUT2D eigenvalue weighted by atomic mass is 10.1. The van der Waals surface area contributed by atoms with E-state index in [9.17, 15) is 4.39 Å². The molecule has 6 heteroatoms. The van der Waals surface area contributed by atoms with Gasteiger partial charge in [-0.3, -0.25) is 0 Å². The van der Waals surface area contributed by atoms with Crippen molar-refractivity contribution in [3.05, 3.63) is 47.8 Å². The van der Waals surface area contributed by atoms with Gasteiger partial charge in [0.2, 0.25) is 0 Å². The van der Waals surface area contributed by atoms with E-state index in [0.717, 1.165) is 0 Å². The number of nitrogens with two attached hydrogens (primary N) is 1. The maximum Gasteiger partial charge on any atom is 0.138 e. The summed E-state index contributed by atoms with van der Waals surface area (Å²) in [6.45, 7) is 0.308. The molecule has 0 saturated heterocycles. The Morgan fingerprint density at radius 1 is 1.50 bits per heavy atom. The highest BCUT2D eigenvalue weighted by atomic mass is 32.1. The Bertz CT molecular complexity index is 510. The molecule has 2 aromatic rings. The Balaban J connectivity index is 2.35. The van der Waals surface area contributed by atoms with Crippen molar-refractivity contribution < 1.29 is 4.39 Å². The van der Waals surface area contributed by atoms with Gasteiger partial charge in [0.05, 0.1) is 6.54 Å². The van der Waals surface area contributed by atoms with E-state index in [4.69, 9.17) is 18.0 Å². The molecule has 16 heavy (non-hydrogen) atoms. The summed E-state index contributed by atoms with van der Waals surface area (Å²) >= 11 is 4.76. The summed E-state index contributed by atoms with van der Waals surface area (Å²) in [7, 11) is 0. The summed E-state index contributed by atoms with van der Waals surface area (Å²) in [5, 5.41) is 3.90. The topological polar surface area (TPSA) is 56.7 Å². The molecule has 0 aliphatic heterocycles. The summed E-state index contributed by atoms with van der Waals surface area (Å²) in [5.74, 6) is -0.398. The summed E-state index contributed by atoms with van der Waals surface area (Å²) in [6.07, 6.45) is 2.92. The molecule has 0 saturated carbocycles. The molecule has 0 unspecified atom stereocenters. The molecule has 4 nitrogen and oxygen atoms in total. The predicted molar refractivity (Wildman–Crippen MR) is 61.4 cm³/mol. The number of nitrogens with zero attached hydrogens (tertiary/aromatic N) is 3. The second-order valence-electron chi connectivity index (χ2n) is 3.24. The lowest BCUT2D eigenvalue weighted by molar-refractivity contribution is 0.583. The minimum absolute atomic E-state index is 0.0536. The monoisotopic (exact) mass is 236 g/mol. The zero-order valence-electron chi connectivity index (χ0n) is 8.30. The summed E-state index contributed by atoms with van der Waals surface area (Å²) in [5.41, 5.74) is 6.15. The van der Waals surface area contributed by atoms with E-state index in [0.29, 0.717) is 12.1 Å². The van der Waals surface area contributed by atoms with Crippen molar-refractivity contribution in [3.63, 3.8) is 0 Å². The highest BCUT2D eigenvalue weighted by molar-refractivity contribution is 7.80. The number of aromatic nitrogens is 3. The van der Waals surface area contributed by atoms with E-state index in [2.05, 4.69) is 10.1 Å². The van der Waals surface area contributed by atoms with E-state index in [1.807, 2.05) is 0 Å². The minimum Gasteiger partial charge on any atom is -0.389 e. The average Bonchev–Trinajstić information content (AvgIpc) is 2.73. The predicted octanol–water partition coefficient (Wildman–Crippen LogP) is 1.10. The number of halogens is 1. The summed E-state index contributed by atoms with van der Waals surface area (Å²) in [6, 6.07) is 4.94. The molecule has 0 spiro atoms. The van der Waals surface area contributed by atoms with Crippen LogP contribution < -0.4 is 5.73 Å². The van der Waals surface area contributed by atoms with Gasteiger partial charge in [0.25, 0.3) is 0 Å². The summed E-state index contributed by atoms with van der Waals surface area (Å²) < 4.78 is 15.4. The molecule has 2 N–H and O–H groups in total. The zero-order chi connectivity index (χ0) is 11.5. The molecule has 2 rings (SSSR count). The largest absolute Gasteiger partial charge is 0.389 e. The molecule has 0 bridgehead atoms. The van der Waals surface area contributed by atoms with Crippen molar-refractivity contribution >= 4 is 17.2 Å².